The van der Waals surface area contributed by atoms with E-state index in [1.165, 1.54) is 0 Å². The number of aliphatic carboxylic acids is 1. The average molecular weight is 305 g/mol. The summed E-state index contributed by atoms with van der Waals surface area (Å²) in [5, 5.41) is 9.35. The second-order valence-corrected chi connectivity index (χ2v) is 6.64. The Morgan fingerprint density at radius 1 is 1.24 bits per heavy atom. The molecule has 4 nitrogen and oxygen atoms in total. The second kappa shape index (κ2) is 4.61. The Bertz CT molecular complexity index is 475. The Labute approximate surface area is 120 Å². The number of hydrogen-bond acceptors (Lipinski definition) is 2. The van der Waals surface area contributed by atoms with Gasteiger partial charge in [0.2, 0.25) is 0 Å². The van der Waals surface area contributed by atoms with Gasteiger partial charge in [0.05, 0.1) is 5.92 Å². The number of carboxylic acids is 1. The van der Waals surface area contributed by atoms with Gasteiger partial charge >= 0.3 is 18.1 Å². The van der Waals surface area contributed by atoms with Crippen molar-refractivity contribution >= 4 is 11.9 Å². The first-order valence-corrected chi connectivity index (χ1v) is 7.34. The first-order chi connectivity index (χ1) is 9.75. The van der Waals surface area contributed by atoms with Gasteiger partial charge in [-0.15, -0.1) is 0 Å². The highest BCUT2D eigenvalue weighted by Gasteiger charge is 2.65. The number of carboxylic acid groups (broad SMARTS) is 1. The van der Waals surface area contributed by atoms with Gasteiger partial charge in [-0.25, -0.2) is 0 Å². The zero-order chi connectivity index (χ0) is 15.4. The van der Waals surface area contributed by atoms with Crippen LogP contribution in [0, 0.1) is 23.2 Å². The van der Waals surface area contributed by atoms with Crippen molar-refractivity contribution in [1.82, 2.24) is 4.90 Å². The van der Waals surface area contributed by atoms with Gasteiger partial charge < -0.3 is 10.0 Å². The third-order valence-corrected chi connectivity index (χ3v) is 5.74. The molecular weight excluding hydrogens is 287 g/mol. The fourth-order valence-electron chi connectivity index (χ4n) is 4.90. The van der Waals surface area contributed by atoms with Crippen molar-refractivity contribution in [2.45, 2.75) is 38.3 Å². The summed E-state index contributed by atoms with van der Waals surface area (Å²) in [4.78, 5) is 23.7. The molecule has 2 bridgehead atoms. The van der Waals surface area contributed by atoms with Crippen molar-refractivity contribution in [2.24, 2.45) is 23.2 Å². The molecule has 1 N–H and O–H groups in total. The molecule has 1 heterocycles. The summed E-state index contributed by atoms with van der Waals surface area (Å²) in [5.41, 5.74) is -0.374. The van der Waals surface area contributed by atoms with Crippen molar-refractivity contribution in [1.29, 1.82) is 0 Å². The van der Waals surface area contributed by atoms with Crippen molar-refractivity contribution < 1.29 is 27.9 Å². The molecular formula is C14H18F3NO3. The molecule has 3 aliphatic carbocycles. The number of likely N-dealkylation sites (tertiary alicyclic amines) is 1. The number of hydrogen-bond donors (Lipinski definition) is 1. The van der Waals surface area contributed by atoms with Crippen LogP contribution in [0.15, 0.2) is 0 Å². The molecule has 0 aromatic carbocycles. The van der Waals surface area contributed by atoms with Crippen LogP contribution in [-0.4, -0.2) is 41.1 Å². The summed E-state index contributed by atoms with van der Waals surface area (Å²) >= 11 is 0. The van der Waals surface area contributed by atoms with E-state index in [4.69, 9.17) is 0 Å². The average Bonchev–Trinajstić information content (AvgIpc) is 2.96. The van der Waals surface area contributed by atoms with Gasteiger partial charge in [-0.2, -0.15) is 13.2 Å². The normalized spacial score (nSPS) is 39.0. The van der Waals surface area contributed by atoms with Gasteiger partial charge in [0.1, 0.15) is 0 Å². The summed E-state index contributed by atoms with van der Waals surface area (Å²) in [6, 6.07) is 0. The molecule has 4 unspecified atom stereocenters. The highest BCUT2D eigenvalue weighted by atomic mass is 19.4. The molecule has 4 fully saturated rings. The zero-order valence-electron chi connectivity index (χ0n) is 11.5. The number of amides is 1. The van der Waals surface area contributed by atoms with Crippen LogP contribution >= 0.6 is 0 Å². The summed E-state index contributed by atoms with van der Waals surface area (Å²) in [6.45, 7) is 0.168. The van der Waals surface area contributed by atoms with Gasteiger partial charge in [0.15, 0.2) is 0 Å². The highest BCUT2D eigenvalue weighted by Crippen LogP contribution is 2.67. The fraction of sp³-hybridized carbons (Fsp3) is 0.857. The quantitative estimate of drug-likeness (QED) is 0.851. The Kier molecular flexibility index (Phi) is 3.22. The number of fused-ring (bicyclic) bond motifs is 1. The number of halogens is 3. The van der Waals surface area contributed by atoms with Crippen LogP contribution in [0.4, 0.5) is 13.2 Å². The van der Waals surface area contributed by atoms with Crippen LogP contribution in [-0.2, 0) is 9.59 Å². The maximum absolute atomic E-state index is 12.6. The van der Waals surface area contributed by atoms with E-state index in [0.717, 1.165) is 30.6 Å². The van der Waals surface area contributed by atoms with E-state index < -0.39 is 24.0 Å². The smallest absolute Gasteiger partial charge is 0.471 e. The molecule has 0 radical (unpaired) electrons. The Hall–Kier alpha value is -1.27. The lowest BCUT2D eigenvalue weighted by Crippen LogP contribution is -2.56. The van der Waals surface area contributed by atoms with Crippen LogP contribution in [0.2, 0.25) is 0 Å². The van der Waals surface area contributed by atoms with Crippen LogP contribution in [0.1, 0.15) is 32.1 Å². The van der Waals surface area contributed by atoms with Crippen molar-refractivity contribution in [3.8, 4) is 0 Å². The Morgan fingerprint density at radius 3 is 2.52 bits per heavy atom. The number of piperidine rings is 1. The minimum Gasteiger partial charge on any atom is -0.481 e. The van der Waals surface area contributed by atoms with Crippen molar-refractivity contribution in [3.05, 3.63) is 0 Å². The van der Waals surface area contributed by atoms with Gasteiger partial charge in [0.25, 0.3) is 0 Å². The summed E-state index contributed by atoms with van der Waals surface area (Å²) in [5.74, 6) is -2.98. The Balaban J connectivity index is 1.75. The van der Waals surface area contributed by atoms with E-state index in [1.54, 1.807) is 0 Å². The maximum atomic E-state index is 12.6. The van der Waals surface area contributed by atoms with Crippen LogP contribution in [0.25, 0.3) is 0 Å². The molecule has 4 aliphatic rings. The van der Waals surface area contributed by atoms with E-state index in [2.05, 4.69) is 0 Å². The lowest BCUT2D eigenvalue weighted by atomic mass is 9.53. The van der Waals surface area contributed by atoms with Gasteiger partial charge in [-0.3, -0.25) is 9.59 Å². The third kappa shape index (κ3) is 2.12. The Morgan fingerprint density at radius 2 is 1.95 bits per heavy atom. The van der Waals surface area contributed by atoms with Crippen molar-refractivity contribution in [2.75, 3.05) is 13.1 Å². The van der Waals surface area contributed by atoms with Crippen LogP contribution in [0.3, 0.4) is 0 Å². The molecule has 3 saturated carbocycles. The van der Waals surface area contributed by atoms with Gasteiger partial charge in [-0.1, -0.05) is 0 Å². The van der Waals surface area contributed by atoms with E-state index in [1.807, 2.05) is 0 Å². The molecule has 1 amide bonds. The number of nitrogens with zero attached hydrogens (tertiary/aromatic N) is 1. The largest absolute Gasteiger partial charge is 0.481 e. The lowest BCUT2D eigenvalue weighted by molar-refractivity contribution is -0.190. The fourth-order valence-corrected chi connectivity index (χ4v) is 4.90. The van der Waals surface area contributed by atoms with Crippen molar-refractivity contribution in [3.63, 3.8) is 0 Å². The van der Waals surface area contributed by atoms with Gasteiger partial charge in [0, 0.05) is 13.1 Å². The molecule has 4 atom stereocenters. The minimum absolute atomic E-state index is 0.0504. The first-order valence-electron chi connectivity index (χ1n) is 7.34. The van der Waals surface area contributed by atoms with E-state index in [0.29, 0.717) is 6.42 Å². The summed E-state index contributed by atoms with van der Waals surface area (Å²) in [6.07, 6.45) is -1.19. The molecule has 21 heavy (non-hydrogen) atoms. The van der Waals surface area contributed by atoms with Gasteiger partial charge in [-0.05, 0) is 49.4 Å². The standard InChI is InChI=1S/C14H18F3NO3/c15-14(16,17)12(21)18-5-1-2-9(7-18)13-4-3-8(6-13)10(13)11(19)20/h8-10H,1-7H2,(H,19,20). The SMILES string of the molecule is O=C(O)C1C2CCC1(C1CCCN(C(=O)C(F)(F)F)C1)C2. The summed E-state index contributed by atoms with van der Waals surface area (Å²) < 4.78 is 37.7. The number of carbonyl (C=O) groups is 2. The second-order valence-electron chi connectivity index (χ2n) is 6.64. The van der Waals surface area contributed by atoms with E-state index in [9.17, 15) is 27.9 Å². The number of carbonyl (C=O) groups excluding carboxylic acids is 1. The highest BCUT2D eigenvalue weighted by molar-refractivity contribution is 5.82. The first kappa shape index (κ1) is 14.7. The topological polar surface area (TPSA) is 57.6 Å². The van der Waals surface area contributed by atoms with Crippen LogP contribution < -0.4 is 0 Å². The predicted molar refractivity (Wildman–Crippen MR) is 66.3 cm³/mol. The zero-order valence-corrected chi connectivity index (χ0v) is 11.5. The third-order valence-electron chi connectivity index (χ3n) is 5.74. The lowest BCUT2D eigenvalue weighted by Gasteiger charge is -2.52. The van der Waals surface area contributed by atoms with Crippen LogP contribution in [0.5, 0.6) is 0 Å². The maximum Gasteiger partial charge on any atom is 0.471 e. The number of rotatable bonds is 2. The summed E-state index contributed by atoms with van der Waals surface area (Å²) in [7, 11) is 0. The predicted octanol–water partition coefficient (Wildman–Crippen LogP) is 2.29. The molecule has 4 rings (SSSR count). The van der Waals surface area contributed by atoms with E-state index >= 15 is 0 Å². The molecule has 1 aliphatic heterocycles. The molecule has 0 spiro atoms. The monoisotopic (exact) mass is 305 g/mol. The molecule has 1 saturated heterocycles. The minimum atomic E-state index is -4.84. The molecule has 118 valence electrons. The molecule has 0 aromatic heterocycles. The molecule has 0 aromatic rings. The van der Waals surface area contributed by atoms with E-state index in [-0.39, 0.29) is 30.3 Å². The number of alkyl halides is 3. The molecule has 7 heteroatoms.